The van der Waals surface area contributed by atoms with Crippen molar-refractivity contribution in [2.24, 2.45) is 0 Å². The Balaban J connectivity index is 1.78. The first kappa shape index (κ1) is 17.3. The fourth-order valence-corrected chi connectivity index (χ4v) is 2.78. The maximum absolute atomic E-state index is 12.5. The van der Waals surface area contributed by atoms with Crippen molar-refractivity contribution >= 4 is 29.1 Å². The van der Waals surface area contributed by atoms with Gasteiger partial charge in [-0.25, -0.2) is 4.68 Å². The summed E-state index contributed by atoms with van der Waals surface area (Å²) in [6, 6.07) is 14.6. The molecule has 3 rings (SSSR count). The van der Waals surface area contributed by atoms with E-state index in [1.807, 2.05) is 30.3 Å². The fourth-order valence-electron chi connectivity index (χ4n) is 2.30. The molecule has 0 radical (unpaired) electrons. The van der Waals surface area contributed by atoms with Crippen LogP contribution in [0.3, 0.4) is 0 Å². The predicted molar refractivity (Wildman–Crippen MR) is 97.7 cm³/mol. The number of hydrogen-bond acceptors (Lipinski definition) is 3. The molecule has 0 bridgehead atoms. The summed E-state index contributed by atoms with van der Waals surface area (Å²) in [7, 11) is 1.50. The van der Waals surface area contributed by atoms with Gasteiger partial charge in [-0.05, 0) is 29.8 Å². The van der Waals surface area contributed by atoms with E-state index in [2.05, 4.69) is 10.4 Å². The number of nitrogens with one attached hydrogen (secondary N) is 1. The van der Waals surface area contributed by atoms with Crippen molar-refractivity contribution in [3.05, 3.63) is 76.0 Å². The molecule has 0 unspecified atom stereocenters. The first-order chi connectivity index (χ1) is 12.1. The molecule has 0 saturated carbocycles. The zero-order valence-corrected chi connectivity index (χ0v) is 14.9. The first-order valence-electron chi connectivity index (χ1n) is 7.49. The van der Waals surface area contributed by atoms with Crippen LogP contribution in [0.2, 0.25) is 10.0 Å². The molecular formula is C18H15Cl2N3O2. The van der Waals surface area contributed by atoms with E-state index in [4.69, 9.17) is 27.9 Å². The van der Waals surface area contributed by atoms with Crippen LogP contribution in [0.5, 0.6) is 5.75 Å². The molecule has 0 aliphatic heterocycles. The van der Waals surface area contributed by atoms with E-state index < -0.39 is 0 Å². The quantitative estimate of drug-likeness (QED) is 0.729. The minimum Gasteiger partial charge on any atom is -0.493 e. The largest absolute Gasteiger partial charge is 0.493 e. The number of methoxy groups -OCH3 is 1. The van der Waals surface area contributed by atoms with Gasteiger partial charge in [0.2, 0.25) is 0 Å². The van der Waals surface area contributed by atoms with Crippen LogP contribution in [-0.4, -0.2) is 22.8 Å². The van der Waals surface area contributed by atoms with E-state index in [1.54, 1.807) is 29.1 Å². The second kappa shape index (κ2) is 7.59. The molecule has 0 aliphatic carbocycles. The summed E-state index contributed by atoms with van der Waals surface area (Å²) in [5.41, 5.74) is 1.80. The van der Waals surface area contributed by atoms with Crippen molar-refractivity contribution in [3.63, 3.8) is 0 Å². The van der Waals surface area contributed by atoms with Gasteiger partial charge in [-0.15, -0.1) is 0 Å². The van der Waals surface area contributed by atoms with E-state index in [0.29, 0.717) is 15.8 Å². The van der Waals surface area contributed by atoms with Gasteiger partial charge in [-0.2, -0.15) is 5.10 Å². The summed E-state index contributed by atoms with van der Waals surface area (Å²) in [5.74, 6) is 0.0427. The van der Waals surface area contributed by atoms with E-state index >= 15 is 0 Å². The molecule has 1 amide bonds. The van der Waals surface area contributed by atoms with Crippen LogP contribution >= 0.6 is 23.2 Å². The number of halogens is 2. The SMILES string of the molecule is COc1cn(-c2ccccc2)nc1C(=O)NCc1ccc(Cl)cc1Cl. The van der Waals surface area contributed by atoms with Crippen LogP contribution in [0, 0.1) is 0 Å². The van der Waals surface area contributed by atoms with Gasteiger partial charge < -0.3 is 10.1 Å². The molecule has 5 nitrogen and oxygen atoms in total. The lowest BCUT2D eigenvalue weighted by Crippen LogP contribution is -2.24. The number of hydrogen-bond donors (Lipinski definition) is 1. The highest BCUT2D eigenvalue weighted by molar-refractivity contribution is 6.35. The van der Waals surface area contributed by atoms with Crippen molar-refractivity contribution in [2.75, 3.05) is 7.11 Å². The third-order valence-electron chi connectivity index (χ3n) is 3.59. The summed E-state index contributed by atoms with van der Waals surface area (Å²) in [5, 5.41) is 8.16. The van der Waals surface area contributed by atoms with Gasteiger partial charge >= 0.3 is 0 Å². The van der Waals surface area contributed by atoms with Gasteiger partial charge in [-0.3, -0.25) is 4.79 Å². The lowest BCUT2D eigenvalue weighted by atomic mass is 10.2. The molecule has 1 heterocycles. The zero-order chi connectivity index (χ0) is 17.8. The van der Waals surface area contributed by atoms with Crippen LogP contribution in [0.4, 0.5) is 0 Å². The molecule has 0 aliphatic rings. The number of rotatable bonds is 5. The summed E-state index contributed by atoms with van der Waals surface area (Å²) >= 11 is 12.0. The van der Waals surface area contributed by atoms with Gasteiger partial charge in [0, 0.05) is 16.6 Å². The summed E-state index contributed by atoms with van der Waals surface area (Å²) < 4.78 is 6.87. The monoisotopic (exact) mass is 375 g/mol. The van der Waals surface area contributed by atoms with Gasteiger partial charge in [0.15, 0.2) is 11.4 Å². The van der Waals surface area contributed by atoms with Gasteiger partial charge in [0.1, 0.15) is 0 Å². The highest BCUT2D eigenvalue weighted by atomic mass is 35.5. The molecule has 0 atom stereocenters. The second-order valence-corrected chi connectivity index (χ2v) is 6.09. The third kappa shape index (κ3) is 3.95. The number of ether oxygens (including phenoxy) is 1. The van der Waals surface area contributed by atoms with Crippen LogP contribution in [0.15, 0.2) is 54.7 Å². The Kier molecular flexibility index (Phi) is 5.26. The number of amides is 1. The summed E-state index contributed by atoms with van der Waals surface area (Å²) in [6.45, 7) is 0.260. The molecule has 128 valence electrons. The number of para-hydroxylation sites is 1. The van der Waals surface area contributed by atoms with Gasteiger partial charge in [-0.1, -0.05) is 47.5 Å². The average Bonchev–Trinajstić information content (AvgIpc) is 3.06. The number of aromatic nitrogens is 2. The van der Waals surface area contributed by atoms with Crippen molar-refractivity contribution in [3.8, 4) is 11.4 Å². The molecule has 0 fully saturated rings. The van der Waals surface area contributed by atoms with Crippen molar-refractivity contribution in [2.45, 2.75) is 6.54 Å². The van der Waals surface area contributed by atoms with Gasteiger partial charge in [0.25, 0.3) is 5.91 Å². The number of carbonyl (C=O) groups is 1. The average molecular weight is 376 g/mol. The molecule has 25 heavy (non-hydrogen) atoms. The highest BCUT2D eigenvalue weighted by Gasteiger charge is 2.18. The Morgan fingerprint density at radius 1 is 1.20 bits per heavy atom. The molecule has 1 aromatic heterocycles. The summed E-state index contributed by atoms with van der Waals surface area (Å²) in [4.78, 5) is 12.5. The van der Waals surface area contributed by atoms with Crippen LogP contribution in [-0.2, 0) is 6.54 Å². The smallest absolute Gasteiger partial charge is 0.275 e. The Bertz CT molecular complexity index is 895. The first-order valence-corrected chi connectivity index (χ1v) is 8.25. The molecule has 3 aromatic rings. The fraction of sp³-hybridized carbons (Fsp3) is 0.111. The highest BCUT2D eigenvalue weighted by Crippen LogP contribution is 2.22. The van der Waals surface area contributed by atoms with Crippen molar-refractivity contribution in [1.29, 1.82) is 0 Å². The van der Waals surface area contributed by atoms with Crippen LogP contribution < -0.4 is 10.1 Å². The Morgan fingerprint density at radius 3 is 2.64 bits per heavy atom. The van der Waals surface area contributed by atoms with Crippen molar-refractivity contribution < 1.29 is 9.53 Å². The van der Waals surface area contributed by atoms with E-state index in [-0.39, 0.29) is 18.1 Å². The van der Waals surface area contributed by atoms with Gasteiger partial charge in [0.05, 0.1) is 19.0 Å². The van der Waals surface area contributed by atoms with E-state index in [1.165, 1.54) is 7.11 Å². The predicted octanol–water partition coefficient (Wildman–Crippen LogP) is 4.12. The summed E-state index contributed by atoms with van der Waals surface area (Å²) in [6.07, 6.45) is 1.67. The number of carbonyl (C=O) groups excluding carboxylic acids is 1. The molecule has 0 saturated heterocycles. The van der Waals surface area contributed by atoms with E-state index in [9.17, 15) is 4.79 Å². The minimum atomic E-state index is -0.349. The number of nitrogens with zero attached hydrogens (tertiary/aromatic N) is 2. The van der Waals surface area contributed by atoms with Crippen LogP contribution in [0.25, 0.3) is 5.69 Å². The second-order valence-electron chi connectivity index (χ2n) is 5.24. The topological polar surface area (TPSA) is 56.2 Å². The Hall–Kier alpha value is -2.50. The molecular weight excluding hydrogens is 361 g/mol. The Morgan fingerprint density at radius 2 is 1.96 bits per heavy atom. The normalized spacial score (nSPS) is 10.5. The molecule has 1 N–H and O–H groups in total. The maximum Gasteiger partial charge on any atom is 0.275 e. The zero-order valence-electron chi connectivity index (χ0n) is 13.4. The van der Waals surface area contributed by atoms with Crippen LogP contribution in [0.1, 0.15) is 16.1 Å². The number of benzene rings is 2. The molecule has 7 heteroatoms. The maximum atomic E-state index is 12.5. The van der Waals surface area contributed by atoms with E-state index in [0.717, 1.165) is 11.3 Å². The minimum absolute atomic E-state index is 0.205. The third-order valence-corrected chi connectivity index (χ3v) is 4.18. The molecule has 2 aromatic carbocycles. The Labute approximate surface area is 155 Å². The van der Waals surface area contributed by atoms with Crippen molar-refractivity contribution in [1.82, 2.24) is 15.1 Å². The standard InChI is InChI=1S/C18H15Cl2N3O2/c1-25-16-11-23(14-5-3-2-4-6-14)22-17(16)18(24)21-10-12-7-8-13(19)9-15(12)20/h2-9,11H,10H2,1H3,(H,21,24). The lowest BCUT2D eigenvalue weighted by molar-refractivity contribution is 0.0942. The molecule has 0 spiro atoms. The lowest BCUT2D eigenvalue weighted by Gasteiger charge is -2.07.